The van der Waals surface area contributed by atoms with Crippen molar-refractivity contribution in [3.8, 4) is 0 Å². The molecule has 98 valence electrons. The van der Waals surface area contributed by atoms with Gasteiger partial charge in [0.15, 0.2) is 0 Å². The summed E-state index contributed by atoms with van der Waals surface area (Å²) in [7, 11) is 1.39. The van der Waals surface area contributed by atoms with Crippen LogP contribution < -0.4 is 0 Å². The smallest absolute Gasteiger partial charge is 0.310 e. The molecule has 1 atom stereocenters. The lowest BCUT2D eigenvalue weighted by Gasteiger charge is -2.25. The molecule has 0 saturated heterocycles. The average molecular weight is 241 g/mol. The highest BCUT2D eigenvalue weighted by Crippen LogP contribution is 2.28. The van der Waals surface area contributed by atoms with Gasteiger partial charge in [0.1, 0.15) is 0 Å². The first-order valence-corrected chi connectivity index (χ1v) is 6.33. The van der Waals surface area contributed by atoms with Gasteiger partial charge in [0.25, 0.3) is 0 Å². The van der Waals surface area contributed by atoms with Crippen molar-refractivity contribution < 1.29 is 14.3 Å². The lowest BCUT2D eigenvalue weighted by atomic mass is 10.1. The molecule has 1 rings (SSSR count). The number of carbonyl (C=O) groups is 2. The van der Waals surface area contributed by atoms with Gasteiger partial charge in [0, 0.05) is 19.0 Å². The first-order chi connectivity index (χ1) is 7.95. The van der Waals surface area contributed by atoms with E-state index in [4.69, 9.17) is 4.74 Å². The van der Waals surface area contributed by atoms with E-state index in [1.807, 2.05) is 25.7 Å². The molecule has 0 spiro atoms. The zero-order chi connectivity index (χ0) is 13.0. The average Bonchev–Trinajstić information content (AvgIpc) is 3.06. The van der Waals surface area contributed by atoms with E-state index >= 15 is 0 Å². The molecule has 4 heteroatoms. The molecule has 0 aromatic rings. The van der Waals surface area contributed by atoms with Crippen LogP contribution in [0.4, 0.5) is 0 Å². The number of amides is 1. The second-order valence-corrected chi connectivity index (χ2v) is 5.30. The van der Waals surface area contributed by atoms with E-state index in [0.717, 1.165) is 12.8 Å². The fourth-order valence-corrected chi connectivity index (χ4v) is 1.88. The molecule has 0 aliphatic heterocycles. The van der Waals surface area contributed by atoms with Gasteiger partial charge in [-0.15, -0.1) is 0 Å². The van der Waals surface area contributed by atoms with Gasteiger partial charge in [-0.05, 0) is 18.8 Å². The zero-order valence-electron chi connectivity index (χ0n) is 11.2. The van der Waals surface area contributed by atoms with E-state index in [1.165, 1.54) is 7.11 Å². The van der Waals surface area contributed by atoms with E-state index in [2.05, 4.69) is 0 Å². The third kappa shape index (κ3) is 4.36. The van der Waals surface area contributed by atoms with E-state index in [1.54, 1.807) is 0 Å². The summed E-state index contributed by atoms with van der Waals surface area (Å²) in [5.74, 6) is 0.0418. The molecule has 0 radical (unpaired) electrons. The Bertz CT molecular complexity index is 284. The monoisotopic (exact) mass is 241 g/mol. The summed E-state index contributed by atoms with van der Waals surface area (Å²) in [6, 6.07) is 0.355. The first kappa shape index (κ1) is 14.0. The number of hydrogen-bond acceptors (Lipinski definition) is 3. The molecule has 0 aromatic heterocycles. The highest BCUT2D eigenvalue weighted by Gasteiger charge is 2.34. The van der Waals surface area contributed by atoms with Crippen LogP contribution in [0, 0.1) is 11.8 Å². The molecule has 0 N–H and O–H groups in total. The zero-order valence-corrected chi connectivity index (χ0v) is 11.2. The van der Waals surface area contributed by atoms with Crippen molar-refractivity contribution in [1.29, 1.82) is 0 Å². The topological polar surface area (TPSA) is 46.6 Å². The third-order valence-electron chi connectivity index (χ3n) is 2.96. The van der Waals surface area contributed by atoms with Crippen molar-refractivity contribution in [3.05, 3.63) is 0 Å². The number of carbonyl (C=O) groups excluding carboxylic acids is 2. The van der Waals surface area contributed by atoms with Gasteiger partial charge in [-0.25, -0.2) is 0 Å². The maximum Gasteiger partial charge on any atom is 0.310 e. The summed E-state index contributed by atoms with van der Waals surface area (Å²) in [6.45, 7) is 6.37. The van der Waals surface area contributed by atoms with Crippen LogP contribution >= 0.6 is 0 Å². The van der Waals surface area contributed by atoms with Gasteiger partial charge in [0.2, 0.25) is 5.91 Å². The first-order valence-electron chi connectivity index (χ1n) is 6.33. The fraction of sp³-hybridized carbons (Fsp3) is 0.846. The minimum absolute atomic E-state index is 0.165. The van der Waals surface area contributed by atoms with Gasteiger partial charge in [-0.1, -0.05) is 20.8 Å². The summed E-state index contributed by atoms with van der Waals surface area (Å²) in [4.78, 5) is 25.3. The van der Waals surface area contributed by atoms with E-state index in [-0.39, 0.29) is 17.8 Å². The maximum absolute atomic E-state index is 12.1. The lowest BCUT2D eigenvalue weighted by Crippen LogP contribution is -2.39. The Morgan fingerprint density at radius 2 is 1.88 bits per heavy atom. The molecule has 1 aliphatic carbocycles. The maximum atomic E-state index is 12.1. The molecule has 1 amide bonds. The van der Waals surface area contributed by atoms with E-state index in [9.17, 15) is 9.59 Å². The number of methoxy groups -OCH3 is 1. The predicted octanol–water partition coefficient (Wildman–Crippen LogP) is 1.83. The fourth-order valence-electron chi connectivity index (χ4n) is 1.88. The molecule has 1 saturated carbocycles. The SMILES string of the molecule is COC(=O)C(C)CN(C(=O)CC(C)C)C1CC1. The summed E-state index contributed by atoms with van der Waals surface area (Å²) in [5, 5.41) is 0. The van der Waals surface area contributed by atoms with E-state index in [0.29, 0.717) is 24.9 Å². The largest absolute Gasteiger partial charge is 0.469 e. The Hall–Kier alpha value is -1.06. The molecule has 0 aromatic carbocycles. The van der Waals surface area contributed by atoms with Crippen molar-refractivity contribution in [2.75, 3.05) is 13.7 Å². The van der Waals surface area contributed by atoms with Gasteiger partial charge >= 0.3 is 5.97 Å². The lowest BCUT2D eigenvalue weighted by molar-refractivity contribution is -0.146. The molecule has 0 heterocycles. The van der Waals surface area contributed by atoms with Crippen molar-refractivity contribution >= 4 is 11.9 Å². The molecule has 4 nitrogen and oxygen atoms in total. The number of hydrogen-bond donors (Lipinski definition) is 0. The van der Waals surface area contributed by atoms with Crippen LogP contribution in [0.1, 0.15) is 40.0 Å². The van der Waals surface area contributed by atoms with Crippen LogP contribution in [0.3, 0.4) is 0 Å². The van der Waals surface area contributed by atoms with Crippen LogP contribution in [0.15, 0.2) is 0 Å². The molecular weight excluding hydrogens is 218 g/mol. The summed E-state index contributed by atoms with van der Waals surface area (Å²) in [5.41, 5.74) is 0. The standard InChI is InChI=1S/C13H23NO3/c1-9(2)7-12(15)14(11-5-6-11)8-10(3)13(16)17-4/h9-11H,5-8H2,1-4H3. The van der Waals surface area contributed by atoms with Gasteiger partial charge in [0.05, 0.1) is 13.0 Å². The Morgan fingerprint density at radius 3 is 2.29 bits per heavy atom. The summed E-state index contributed by atoms with van der Waals surface area (Å²) < 4.78 is 4.70. The Kier molecular flexibility index (Phi) is 4.97. The Balaban J connectivity index is 2.54. The van der Waals surface area contributed by atoms with Crippen molar-refractivity contribution in [3.63, 3.8) is 0 Å². The molecule has 17 heavy (non-hydrogen) atoms. The van der Waals surface area contributed by atoms with Crippen molar-refractivity contribution in [2.24, 2.45) is 11.8 Å². The van der Waals surface area contributed by atoms with Crippen molar-refractivity contribution in [2.45, 2.75) is 46.1 Å². The summed E-state index contributed by atoms with van der Waals surface area (Å²) in [6.07, 6.45) is 2.69. The molecular formula is C13H23NO3. The van der Waals surface area contributed by atoms with Gasteiger partial charge in [-0.3, -0.25) is 9.59 Å². The predicted molar refractivity (Wildman–Crippen MR) is 65.4 cm³/mol. The second kappa shape index (κ2) is 6.03. The number of nitrogens with zero attached hydrogens (tertiary/aromatic N) is 1. The van der Waals surface area contributed by atoms with Gasteiger partial charge in [-0.2, -0.15) is 0 Å². The molecule has 1 fully saturated rings. The van der Waals surface area contributed by atoms with E-state index < -0.39 is 0 Å². The highest BCUT2D eigenvalue weighted by molar-refractivity contribution is 5.78. The highest BCUT2D eigenvalue weighted by atomic mass is 16.5. The normalized spacial score (nSPS) is 16.8. The van der Waals surface area contributed by atoms with Crippen LogP contribution in [-0.4, -0.2) is 36.5 Å². The van der Waals surface area contributed by atoms with Crippen LogP contribution in [0.2, 0.25) is 0 Å². The van der Waals surface area contributed by atoms with Crippen LogP contribution in [0.25, 0.3) is 0 Å². The minimum Gasteiger partial charge on any atom is -0.469 e. The Morgan fingerprint density at radius 1 is 1.29 bits per heavy atom. The van der Waals surface area contributed by atoms with Crippen LogP contribution in [0.5, 0.6) is 0 Å². The van der Waals surface area contributed by atoms with Gasteiger partial charge < -0.3 is 9.64 Å². The molecule has 1 unspecified atom stereocenters. The minimum atomic E-state index is -0.243. The number of ether oxygens (including phenoxy) is 1. The number of esters is 1. The number of rotatable bonds is 6. The molecule has 1 aliphatic rings. The second-order valence-electron chi connectivity index (χ2n) is 5.30. The molecule has 0 bridgehead atoms. The quantitative estimate of drug-likeness (QED) is 0.666. The van der Waals surface area contributed by atoms with Crippen molar-refractivity contribution in [1.82, 2.24) is 4.90 Å². The van der Waals surface area contributed by atoms with Crippen LogP contribution in [-0.2, 0) is 14.3 Å². The third-order valence-corrected chi connectivity index (χ3v) is 2.96. The Labute approximate surface area is 103 Å². The summed E-state index contributed by atoms with van der Waals surface area (Å²) >= 11 is 0.